The largest absolute Gasteiger partial charge is 0.331 e. The summed E-state index contributed by atoms with van der Waals surface area (Å²) in [6.45, 7) is 2.00. The third-order valence-electron chi connectivity index (χ3n) is 2.80. The second-order valence-electron chi connectivity index (χ2n) is 3.98. The van der Waals surface area contributed by atoms with Gasteiger partial charge in [-0.1, -0.05) is 18.5 Å². The number of aryl methyl sites for hydroxylation is 1. The fourth-order valence-corrected chi connectivity index (χ4v) is 2.95. The molecular formula is C11H13ClN2O2S2. The Balaban J connectivity index is 2.40. The third kappa shape index (κ3) is 2.76. The van der Waals surface area contributed by atoms with Crippen molar-refractivity contribution < 1.29 is 8.42 Å². The molecule has 2 rings (SSSR count). The van der Waals surface area contributed by atoms with Crippen molar-refractivity contribution in [2.24, 2.45) is 0 Å². The summed E-state index contributed by atoms with van der Waals surface area (Å²) in [5.41, 5.74) is 1.69. The predicted octanol–water partition coefficient (Wildman–Crippen LogP) is 2.79. The third-order valence-corrected chi connectivity index (χ3v) is 5.04. The van der Waals surface area contributed by atoms with Crippen LogP contribution in [0, 0.1) is 4.77 Å². The van der Waals surface area contributed by atoms with Crippen molar-refractivity contribution in [3.8, 4) is 0 Å². The summed E-state index contributed by atoms with van der Waals surface area (Å²) in [7, 11) is -3.00. The van der Waals surface area contributed by atoms with Gasteiger partial charge in [0, 0.05) is 17.3 Å². The lowest BCUT2D eigenvalue weighted by Gasteiger charge is -2.04. The number of nitrogens with zero attached hydrogens (tertiary/aromatic N) is 1. The molecule has 1 aromatic heterocycles. The van der Waals surface area contributed by atoms with Gasteiger partial charge in [-0.25, -0.2) is 8.42 Å². The van der Waals surface area contributed by atoms with E-state index in [1.807, 2.05) is 6.07 Å². The molecule has 1 heterocycles. The van der Waals surface area contributed by atoms with Gasteiger partial charge in [-0.15, -0.1) is 0 Å². The number of imidazole rings is 1. The average Bonchev–Trinajstić information content (AvgIpc) is 2.61. The molecule has 18 heavy (non-hydrogen) atoms. The highest BCUT2D eigenvalue weighted by Gasteiger charge is 2.10. The van der Waals surface area contributed by atoms with E-state index in [1.54, 1.807) is 23.6 Å². The maximum Gasteiger partial charge on any atom is 0.178 e. The van der Waals surface area contributed by atoms with Crippen LogP contribution in [0.4, 0.5) is 0 Å². The minimum atomic E-state index is -3.00. The van der Waals surface area contributed by atoms with E-state index in [0.717, 1.165) is 11.0 Å². The number of hydrogen-bond acceptors (Lipinski definition) is 3. The first kappa shape index (κ1) is 13.6. The van der Waals surface area contributed by atoms with Crippen molar-refractivity contribution in [2.75, 3.05) is 11.5 Å². The Labute approximate surface area is 115 Å². The van der Waals surface area contributed by atoms with Crippen LogP contribution in [-0.2, 0) is 16.4 Å². The molecule has 0 aliphatic rings. The van der Waals surface area contributed by atoms with E-state index in [9.17, 15) is 8.42 Å². The lowest BCUT2D eigenvalue weighted by molar-refractivity contribution is 0.590. The average molecular weight is 305 g/mol. The highest BCUT2D eigenvalue weighted by Crippen LogP contribution is 2.19. The maximum absolute atomic E-state index is 11.5. The summed E-state index contributed by atoms with van der Waals surface area (Å²) in [4.78, 5) is 3.02. The molecule has 0 aliphatic carbocycles. The number of halogens is 1. The Morgan fingerprint density at radius 2 is 2.17 bits per heavy atom. The molecule has 0 saturated heterocycles. The van der Waals surface area contributed by atoms with Gasteiger partial charge in [0.2, 0.25) is 0 Å². The van der Waals surface area contributed by atoms with Crippen molar-refractivity contribution in [3.05, 3.63) is 28.0 Å². The zero-order valence-corrected chi connectivity index (χ0v) is 12.2. The number of hydrogen-bond donors (Lipinski definition) is 1. The summed E-state index contributed by atoms with van der Waals surface area (Å²) < 4.78 is 25.3. The fourth-order valence-electron chi connectivity index (χ4n) is 1.73. The molecule has 0 amide bonds. The molecular weight excluding hydrogens is 292 g/mol. The number of aromatic amines is 1. The Kier molecular flexibility index (Phi) is 3.79. The molecule has 1 N–H and O–H groups in total. The normalized spacial score (nSPS) is 12.1. The van der Waals surface area contributed by atoms with E-state index in [-0.39, 0.29) is 11.5 Å². The predicted molar refractivity (Wildman–Crippen MR) is 76.5 cm³/mol. The van der Waals surface area contributed by atoms with E-state index in [0.29, 0.717) is 16.3 Å². The van der Waals surface area contributed by atoms with Crippen molar-refractivity contribution in [2.45, 2.75) is 13.5 Å². The zero-order chi connectivity index (χ0) is 13.3. The Hall–Kier alpha value is -0.850. The first-order chi connectivity index (χ1) is 8.43. The van der Waals surface area contributed by atoms with E-state index in [1.165, 1.54) is 0 Å². The van der Waals surface area contributed by atoms with Gasteiger partial charge in [-0.3, -0.25) is 0 Å². The number of fused-ring (bicyclic) bond motifs is 1. The van der Waals surface area contributed by atoms with Crippen molar-refractivity contribution >= 4 is 44.7 Å². The first-order valence-electron chi connectivity index (χ1n) is 5.51. The molecule has 0 atom stereocenters. The van der Waals surface area contributed by atoms with Crippen LogP contribution in [0.2, 0.25) is 5.02 Å². The van der Waals surface area contributed by atoms with E-state index >= 15 is 0 Å². The van der Waals surface area contributed by atoms with Gasteiger partial charge in [0.1, 0.15) is 0 Å². The van der Waals surface area contributed by atoms with Crippen LogP contribution in [0.15, 0.2) is 18.2 Å². The minimum Gasteiger partial charge on any atom is -0.331 e. The van der Waals surface area contributed by atoms with Gasteiger partial charge >= 0.3 is 0 Å². The van der Waals surface area contributed by atoms with Crippen molar-refractivity contribution in [1.82, 2.24) is 9.55 Å². The highest BCUT2D eigenvalue weighted by atomic mass is 35.5. The van der Waals surface area contributed by atoms with E-state index in [4.69, 9.17) is 23.8 Å². The molecule has 0 saturated carbocycles. The Bertz CT molecular complexity index is 731. The molecule has 0 spiro atoms. The number of rotatable bonds is 4. The van der Waals surface area contributed by atoms with E-state index in [2.05, 4.69) is 4.98 Å². The SMILES string of the molecule is CCS(=O)(=O)CCn1c(=S)[nH]c2cc(Cl)ccc21. The van der Waals surface area contributed by atoms with Crippen LogP contribution in [-0.4, -0.2) is 29.5 Å². The van der Waals surface area contributed by atoms with Crippen LogP contribution in [0.1, 0.15) is 6.92 Å². The summed E-state index contributed by atoms with van der Waals surface area (Å²) in [6.07, 6.45) is 0. The zero-order valence-electron chi connectivity index (χ0n) is 9.81. The summed E-state index contributed by atoms with van der Waals surface area (Å²) in [5.74, 6) is 0.238. The lowest BCUT2D eigenvalue weighted by atomic mass is 10.3. The molecule has 0 aliphatic heterocycles. The number of aromatic nitrogens is 2. The van der Waals surface area contributed by atoms with Crippen LogP contribution < -0.4 is 0 Å². The van der Waals surface area contributed by atoms with Crippen LogP contribution in [0.5, 0.6) is 0 Å². The summed E-state index contributed by atoms with van der Waals surface area (Å²) >= 11 is 11.1. The monoisotopic (exact) mass is 304 g/mol. The van der Waals surface area contributed by atoms with E-state index < -0.39 is 9.84 Å². The molecule has 98 valence electrons. The van der Waals surface area contributed by atoms with Crippen molar-refractivity contribution in [3.63, 3.8) is 0 Å². The molecule has 0 bridgehead atoms. The topological polar surface area (TPSA) is 54.9 Å². The summed E-state index contributed by atoms with van der Waals surface area (Å²) in [6, 6.07) is 5.37. The van der Waals surface area contributed by atoms with Crippen molar-refractivity contribution in [1.29, 1.82) is 0 Å². The Morgan fingerprint density at radius 1 is 1.44 bits per heavy atom. The second-order valence-corrected chi connectivity index (χ2v) is 7.28. The van der Waals surface area contributed by atoms with Gasteiger partial charge in [-0.05, 0) is 30.4 Å². The van der Waals surface area contributed by atoms with Gasteiger partial charge < -0.3 is 9.55 Å². The number of nitrogens with one attached hydrogen (secondary N) is 1. The second kappa shape index (κ2) is 5.03. The molecule has 4 nitrogen and oxygen atoms in total. The number of sulfone groups is 1. The molecule has 1 aromatic carbocycles. The first-order valence-corrected chi connectivity index (χ1v) is 8.12. The number of H-pyrrole nitrogens is 1. The van der Waals surface area contributed by atoms with Gasteiger partial charge in [0.25, 0.3) is 0 Å². The quantitative estimate of drug-likeness (QED) is 0.884. The van der Waals surface area contributed by atoms with Gasteiger partial charge in [0.15, 0.2) is 14.6 Å². The van der Waals surface area contributed by atoms with Crippen LogP contribution in [0.25, 0.3) is 11.0 Å². The van der Waals surface area contributed by atoms with Crippen LogP contribution in [0.3, 0.4) is 0 Å². The smallest absolute Gasteiger partial charge is 0.178 e. The standard InChI is InChI=1S/C11H13ClN2O2S2/c1-2-18(15,16)6-5-14-10-4-3-8(12)7-9(10)13-11(14)17/h3-4,7H,2,5-6H2,1H3,(H,13,17). The molecule has 7 heteroatoms. The van der Waals surface area contributed by atoms with Gasteiger partial charge in [-0.2, -0.15) is 0 Å². The highest BCUT2D eigenvalue weighted by molar-refractivity contribution is 7.91. The lowest BCUT2D eigenvalue weighted by Crippen LogP contribution is -2.14. The summed E-state index contributed by atoms with van der Waals surface area (Å²) in [5, 5.41) is 0.618. The Morgan fingerprint density at radius 3 is 2.83 bits per heavy atom. The van der Waals surface area contributed by atoms with Gasteiger partial charge in [0.05, 0.1) is 16.8 Å². The molecule has 0 unspecified atom stereocenters. The maximum atomic E-state index is 11.5. The van der Waals surface area contributed by atoms with Crippen LogP contribution >= 0.6 is 23.8 Å². The molecule has 0 radical (unpaired) electrons. The minimum absolute atomic E-state index is 0.0907. The molecule has 2 aromatic rings. The molecule has 0 fully saturated rings. The number of benzene rings is 1. The fraction of sp³-hybridized carbons (Fsp3) is 0.364.